The Morgan fingerprint density at radius 1 is 1.06 bits per heavy atom. The van der Waals surface area contributed by atoms with Gasteiger partial charge in [0.15, 0.2) is 0 Å². The van der Waals surface area contributed by atoms with Crippen molar-refractivity contribution in [1.29, 1.82) is 0 Å². The van der Waals surface area contributed by atoms with Crippen LogP contribution in [0.4, 0.5) is 13.6 Å². The number of halogens is 2. The summed E-state index contributed by atoms with van der Waals surface area (Å²) in [6.07, 6.45) is 0.696. The molecule has 1 aliphatic rings. The second-order valence-electron chi connectivity index (χ2n) is 7.84. The summed E-state index contributed by atoms with van der Waals surface area (Å²) in [4.78, 5) is 20.4. The second kappa shape index (κ2) is 9.18. The molecule has 0 aliphatic carbocycles. The lowest BCUT2D eigenvalue weighted by atomic mass is 9.94. The monoisotopic (exact) mass is 478 g/mol. The van der Waals surface area contributed by atoms with Crippen LogP contribution in [0.3, 0.4) is 0 Å². The van der Waals surface area contributed by atoms with E-state index in [1.807, 2.05) is 24.4 Å². The molecule has 2 amide bonds. The van der Waals surface area contributed by atoms with Crippen LogP contribution in [-0.4, -0.2) is 27.6 Å². The van der Waals surface area contributed by atoms with Gasteiger partial charge in [0.1, 0.15) is 11.6 Å². The van der Waals surface area contributed by atoms with E-state index in [1.54, 1.807) is 40.5 Å². The minimum absolute atomic E-state index is 0.229. The maximum atomic E-state index is 13.6. The number of aromatic nitrogens is 2. The van der Waals surface area contributed by atoms with E-state index in [4.69, 9.17) is 4.52 Å². The Balaban J connectivity index is 1.55. The lowest BCUT2D eigenvalue weighted by Crippen LogP contribution is -2.46. The van der Waals surface area contributed by atoms with E-state index in [-0.39, 0.29) is 23.6 Å². The van der Waals surface area contributed by atoms with Crippen LogP contribution in [0, 0.1) is 11.6 Å². The van der Waals surface area contributed by atoms with E-state index in [0.717, 1.165) is 0 Å². The first-order valence-electron chi connectivity index (χ1n) is 10.7. The first-order chi connectivity index (χ1) is 16.5. The normalized spacial score (nSPS) is 16.1. The number of allylic oxidation sites excluding steroid dienone is 1. The van der Waals surface area contributed by atoms with Crippen molar-refractivity contribution in [3.8, 4) is 11.4 Å². The van der Waals surface area contributed by atoms with Crippen molar-refractivity contribution in [3.63, 3.8) is 0 Å². The quantitative estimate of drug-likeness (QED) is 0.379. The van der Waals surface area contributed by atoms with Gasteiger partial charge in [-0.15, -0.1) is 11.3 Å². The van der Waals surface area contributed by atoms with E-state index >= 15 is 0 Å². The molecular weight excluding hydrogens is 458 g/mol. The number of benzene rings is 2. The van der Waals surface area contributed by atoms with Gasteiger partial charge >= 0.3 is 6.03 Å². The van der Waals surface area contributed by atoms with Crippen LogP contribution < -0.4 is 5.32 Å². The Bertz CT molecular complexity index is 1330. The molecular formula is C25H20F2N4O2S. The van der Waals surface area contributed by atoms with Crippen LogP contribution in [0.25, 0.3) is 17.0 Å². The summed E-state index contributed by atoms with van der Waals surface area (Å²) >= 11 is 1.63. The zero-order chi connectivity index (χ0) is 23.7. The lowest BCUT2D eigenvalue weighted by molar-refractivity contribution is 0.205. The third-order valence-electron chi connectivity index (χ3n) is 5.72. The average molecular weight is 479 g/mol. The maximum absolute atomic E-state index is 13.6. The first-order valence-corrected chi connectivity index (χ1v) is 11.5. The smallest absolute Gasteiger partial charge is 0.322 e. The summed E-state index contributed by atoms with van der Waals surface area (Å²) in [6, 6.07) is 14.8. The highest BCUT2D eigenvalue weighted by Crippen LogP contribution is 2.37. The van der Waals surface area contributed by atoms with Crippen LogP contribution >= 0.6 is 11.3 Å². The highest BCUT2D eigenvalue weighted by Gasteiger charge is 2.35. The van der Waals surface area contributed by atoms with Gasteiger partial charge in [-0.3, -0.25) is 4.90 Å². The van der Waals surface area contributed by atoms with E-state index in [0.29, 0.717) is 41.2 Å². The molecule has 0 bridgehead atoms. The first kappa shape index (κ1) is 22.0. The van der Waals surface area contributed by atoms with Gasteiger partial charge in [0.25, 0.3) is 5.89 Å². The summed E-state index contributed by atoms with van der Waals surface area (Å²) in [5.41, 5.74) is 2.58. The molecule has 1 unspecified atom stereocenters. The van der Waals surface area contributed by atoms with Crippen molar-refractivity contribution in [1.82, 2.24) is 20.4 Å². The SMILES string of the molecule is CC1=C(c2nc(-c3ccc(F)cc3)no2)C(c2ccc(F)cc2)NC(=O)N1CCc1cccs1. The van der Waals surface area contributed by atoms with Gasteiger partial charge < -0.3 is 9.84 Å². The molecule has 34 heavy (non-hydrogen) atoms. The number of hydrogen-bond acceptors (Lipinski definition) is 5. The van der Waals surface area contributed by atoms with Gasteiger partial charge in [0.05, 0.1) is 11.6 Å². The third kappa shape index (κ3) is 4.34. The Hall–Kier alpha value is -3.85. The lowest BCUT2D eigenvalue weighted by Gasteiger charge is -2.35. The molecule has 5 rings (SSSR count). The number of rotatable bonds is 6. The molecule has 9 heteroatoms. The van der Waals surface area contributed by atoms with Crippen LogP contribution in [-0.2, 0) is 6.42 Å². The minimum Gasteiger partial charge on any atom is -0.334 e. The van der Waals surface area contributed by atoms with Gasteiger partial charge in [0, 0.05) is 22.7 Å². The Labute approximate surface area is 198 Å². The number of nitrogens with zero attached hydrogens (tertiary/aromatic N) is 3. The second-order valence-corrected chi connectivity index (χ2v) is 8.88. The van der Waals surface area contributed by atoms with Crippen molar-refractivity contribution in [3.05, 3.63) is 99.7 Å². The Morgan fingerprint density at radius 3 is 2.44 bits per heavy atom. The van der Waals surface area contributed by atoms with Crippen molar-refractivity contribution in [2.24, 2.45) is 0 Å². The third-order valence-corrected chi connectivity index (χ3v) is 6.66. The molecule has 2 aromatic carbocycles. The average Bonchev–Trinajstić information content (AvgIpc) is 3.52. The molecule has 2 aromatic heterocycles. The van der Waals surface area contributed by atoms with E-state index in [1.165, 1.54) is 29.1 Å². The van der Waals surface area contributed by atoms with E-state index in [9.17, 15) is 13.6 Å². The Kier molecular flexibility index (Phi) is 5.93. The predicted octanol–water partition coefficient (Wildman–Crippen LogP) is 5.82. The molecule has 0 saturated heterocycles. The van der Waals surface area contributed by atoms with Gasteiger partial charge in [-0.05, 0) is 66.8 Å². The zero-order valence-corrected chi connectivity index (χ0v) is 19.0. The van der Waals surface area contributed by atoms with Gasteiger partial charge in [-0.2, -0.15) is 4.98 Å². The van der Waals surface area contributed by atoms with E-state index in [2.05, 4.69) is 15.5 Å². The summed E-state index contributed by atoms with van der Waals surface area (Å²) < 4.78 is 32.5. The van der Waals surface area contributed by atoms with Crippen LogP contribution in [0.2, 0.25) is 0 Å². The van der Waals surface area contributed by atoms with E-state index < -0.39 is 6.04 Å². The molecule has 0 fully saturated rings. The highest BCUT2D eigenvalue weighted by molar-refractivity contribution is 7.09. The number of thiophene rings is 1. The van der Waals surface area contributed by atoms with Crippen LogP contribution in [0.5, 0.6) is 0 Å². The molecule has 1 aliphatic heterocycles. The molecule has 1 atom stereocenters. The molecule has 6 nitrogen and oxygen atoms in total. The largest absolute Gasteiger partial charge is 0.334 e. The fourth-order valence-electron chi connectivity index (χ4n) is 3.96. The van der Waals surface area contributed by atoms with Gasteiger partial charge in [0.2, 0.25) is 5.82 Å². The van der Waals surface area contributed by atoms with Crippen molar-refractivity contribution >= 4 is 22.9 Å². The standard InChI is InChI=1S/C25H20F2N4O2S/c1-15-21(24-29-23(30-33-24)17-6-10-19(27)11-7-17)22(16-4-8-18(26)9-5-16)28-25(32)31(15)13-12-20-3-2-14-34-20/h2-11,14,22H,12-13H2,1H3,(H,28,32). The van der Waals surface area contributed by atoms with Crippen LogP contribution in [0.15, 0.2) is 76.3 Å². The minimum atomic E-state index is -0.604. The van der Waals surface area contributed by atoms with Crippen molar-refractivity contribution in [2.45, 2.75) is 19.4 Å². The number of hydrogen-bond donors (Lipinski definition) is 1. The van der Waals surface area contributed by atoms with Crippen molar-refractivity contribution in [2.75, 3.05) is 6.54 Å². The summed E-state index contributed by atoms with van der Waals surface area (Å²) in [5.74, 6) is -0.205. The Morgan fingerprint density at radius 2 is 1.76 bits per heavy atom. The van der Waals surface area contributed by atoms with Crippen LogP contribution in [0.1, 0.15) is 29.3 Å². The van der Waals surface area contributed by atoms with Gasteiger partial charge in [-0.25, -0.2) is 13.6 Å². The molecule has 3 heterocycles. The fraction of sp³-hybridized carbons (Fsp3) is 0.160. The zero-order valence-electron chi connectivity index (χ0n) is 18.2. The number of carbonyl (C=O) groups is 1. The molecule has 0 saturated carbocycles. The number of carbonyl (C=O) groups excluding carboxylic acids is 1. The maximum Gasteiger partial charge on any atom is 0.322 e. The summed E-state index contributed by atoms with van der Waals surface area (Å²) in [5, 5.41) is 9.07. The molecule has 4 aromatic rings. The highest BCUT2D eigenvalue weighted by atomic mass is 32.1. The number of nitrogens with one attached hydrogen (secondary N) is 1. The number of urea groups is 1. The topological polar surface area (TPSA) is 71.3 Å². The summed E-state index contributed by atoms with van der Waals surface area (Å²) in [7, 11) is 0. The molecule has 0 spiro atoms. The molecule has 1 N–H and O–H groups in total. The molecule has 172 valence electrons. The van der Waals surface area contributed by atoms with Gasteiger partial charge in [-0.1, -0.05) is 23.4 Å². The number of amides is 2. The molecule has 0 radical (unpaired) electrons. The predicted molar refractivity (Wildman–Crippen MR) is 125 cm³/mol. The van der Waals surface area contributed by atoms with Crippen molar-refractivity contribution < 1.29 is 18.1 Å². The fourth-order valence-corrected chi connectivity index (χ4v) is 4.66. The summed E-state index contributed by atoms with van der Waals surface area (Å²) in [6.45, 7) is 2.30.